The number of hydrogen-bond acceptors (Lipinski definition) is 3. The fraction of sp³-hybridized carbons (Fsp3) is 0.727. The Labute approximate surface area is 85.5 Å². The van der Waals surface area contributed by atoms with E-state index in [0.717, 1.165) is 11.5 Å². The van der Waals surface area contributed by atoms with Crippen molar-refractivity contribution < 1.29 is 9.15 Å². The Morgan fingerprint density at radius 3 is 2.29 bits per heavy atom. The van der Waals surface area contributed by atoms with Crippen LogP contribution in [0.2, 0.25) is 0 Å². The zero-order valence-corrected chi connectivity index (χ0v) is 9.84. The molecule has 0 bridgehead atoms. The second-order valence-electron chi connectivity index (χ2n) is 4.34. The average molecular weight is 197 g/mol. The lowest BCUT2D eigenvalue weighted by Crippen LogP contribution is -2.19. The SMILES string of the molecule is COC(C)(C)c1nc(C)c(C(C)C)o1. The van der Waals surface area contributed by atoms with E-state index in [2.05, 4.69) is 18.8 Å². The van der Waals surface area contributed by atoms with Crippen LogP contribution in [-0.4, -0.2) is 12.1 Å². The van der Waals surface area contributed by atoms with Crippen LogP contribution in [0.1, 0.15) is 51.0 Å². The molecule has 0 saturated carbocycles. The molecule has 0 aliphatic carbocycles. The molecule has 1 heterocycles. The molecule has 80 valence electrons. The minimum Gasteiger partial charge on any atom is -0.442 e. The fourth-order valence-electron chi connectivity index (χ4n) is 1.29. The molecule has 0 radical (unpaired) electrons. The van der Waals surface area contributed by atoms with E-state index in [0.29, 0.717) is 11.8 Å². The fourth-order valence-corrected chi connectivity index (χ4v) is 1.29. The van der Waals surface area contributed by atoms with Crippen LogP contribution in [0.3, 0.4) is 0 Å². The number of oxazole rings is 1. The first-order chi connectivity index (χ1) is 6.38. The Kier molecular flexibility index (Phi) is 3.00. The molecule has 0 aliphatic rings. The van der Waals surface area contributed by atoms with E-state index in [1.165, 1.54) is 0 Å². The molecule has 1 aromatic rings. The molecule has 0 saturated heterocycles. The van der Waals surface area contributed by atoms with E-state index in [-0.39, 0.29) is 0 Å². The van der Waals surface area contributed by atoms with Gasteiger partial charge in [0.15, 0.2) is 0 Å². The summed E-state index contributed by atoms with van der Waals surface area (Å²) in [5.74, 6) is 1.97. The first-order valence-corrected chi connectivity index (χ1v) is 4.91. The smallest absolute Gasteiger partial charge is 0.226 e. The zero-order chi connectivity index (χ0) is 10.9. The van der Waals surface area contributed by atoms with Crippen molar-refractivity contribution in [3.05, 3.63) is 17.3 Å². The van der Waals surface area contributed by atoms with Crippen molar-refractivity contribution in [1.29, 1.82) is 0 Å². The van der Waals surface area contributed by atoms with Gasteiger partial charge in [0.2, 0.25) is 5.89 Å². The van der Waals surface area contributed by atoms with Crippen LogP contribution in [0.25, 0.3) is 0 Å². The quantitative estimate of drug-likeness (QED) is 0.747. The lowest BCUT2D eigenvalue weighted by molar-refractivity contribution is -0.00460. The summed E-state index contributed by atoms with van der Waals surface area (Å²) < 4.78 is 11.0. The van der Waals surface area contributed by atoms with E-state index >= 15 is 0 Å². The minimum absolute atomic E-state index is 0.365. The number of methoxy groups -OCH3 is 1. The van der Waals surface area contributed by atoms with E-state index in [4.69, 9.17) is 9.15 Å². The number of aryl methyl sites for hydroxylation is 1. The third kappa shape index (κ3) is 1.98. The van der Waals surface area contributed by atoms with Crippen molar-refractivity contribution >= 4 is 0 Å². The average Bonchev–Trinajstić information content (AvgIpc) is 2.48. The zero-order valence-electron chi connectivity index (χ0n) is 9.84. The van der Waals surface area contributed by atoms with E-state index in [1.54, 1.807) is 7.11 Å². The van der Waals surface area contributed by atoms with Gasteiger partial charge in [0.25, 0.3) is 0 Å². The lowest BCUT2D eigenvalue weighted by atomic mass is 10.1. The van der Waals surface area contributed by atoms with Crippen LogP contribution in [0.15, 0.2) is 4.42 Å². The standard InChI is InChI=1S/C11H19NO2/c1-7(2)9-8(3)12-10(14-9)11(4,5)13-6/h7H,1-6H3. The van der Waals surface area contributed by atoms with Gasteiger partial charge >= 0.3 is 0 Å². The third-order valence-corrected chi connectivity index (χ3v) is 2.38. The minimum atomic E-state index is -0.447. The van der Waals surface area contributed by atoms with Crippen molar-refractivity contribution in [2.75, 3.05) is 7.11 Å². The van der Waals surface area contributed by atoms with Gasteiger partial charge in [-0.3, -0.25) is 0 Å². The molecular formula is C11H19NO2. The maximum absolute atomic E-state index is 5.70. The molecule has 0 amide bonds. The van der Waals surface area contributed by atoms with Crippen molar-refractivity contribution in [3.8, 4) is 0 Å². The molecule has 1 rings (SSSR count). The van der Waals surface area contributed by atoms with Crippen molar-refractivity contribution in [3.63, 3.8) is 0 Å². The van der Waals surface area contributed by atoms with Crippen LogP contribution in [0, 0.1) is 6.92 Å². The number of rotatable bonds is 3. The number of nitrogens with zero attached hydrogens (tertiary/aromatic N) is 1. The normalized spacial score (nSPS) is 12.5. The van der Waals surface area contributed by atoms with Crippen LogP contribution < -0.4 is 0 Å². The largest absolute Gasteiger partial charge is 0.442 e. The summed E-state index contributed by atoms with van der Waals surface area (Å²) >= 11 is 0. The summed E-state index contributed by atoms with van der Waals surface area (Å²) in [4.78, 5) is 4.38. The summed E-state index contributed by atoms with van der Waals surface area (Å²) in [6.07, 6.45) is 0. The first kappa shape index (κ1) is 11.2. The Bertz CT molecular complexity index is 313. The Hall–Kier alpha value is -0.830. The second kappa shape index (κ2) is 3.73. The number of aromatic nitrogens is 1. The van der Waals surface area contributed by atoms with Gasteiger partial charge in [-0.25, -0.2) is 4.98 Å². The first-order valence-electron chi connectivity index (χ1n) is 4.91. The predicted octanol–water partition coefficient (Wildman–Crippen LogP) is 2.99. The molecule has 0 fully saturated rings. The Balaban J connectivity index is 3.08. The van der Waals surface area contributed by atoms with Crippen LogP contribution in [0.5, 0.6) is 0 Å². The molecule has 0 aromatic carbocycles. The van der Waals surface area contributed by atoms with E-state index < -0.39 is 5.60 Å². The molecule has 0 unspecified atom stereocenters. The van der Waals surface area contributed by atoms with Gasteiger partial charge in [0, 0.05) is 13.0 Å². The highest BCUT2D eigenvalue weighted by Crippen LogP contribution is 2.28. The highest BCUT2D eigenvalue weighted by atomic mass is 16.5. The summed E-state index contributed by atoms with van der Waals surface area (Å²) in [7, 11) is 1.66. The van der Waals surface area contributed by atoms with E-state index in [9.17, 15) is 0 Å². The lowest BCUT2D eigenvalue weighted by Gasteiger charge is -2.18. The van der Waals surface area contributed by atoms with Gasteiger partial charge in [-0.05, 0) is 20.8 Å². The van der Waals surface area contributed by atoms with Crippen molar-refractivity contribution in [2.24, 2.45) is 0 Å². The number of ether oxygens (including phenoxy) is 1. The Morgan fingerprint density at radius 1 is 1.36 bits per heavy atom. The topological polar surface area (TPSA) is 35.3 Å². The highest BCUT2D eigenvalue weighted by Gasteiger charge is 2.27. The number of hydrogen-bond donors (Lipinski definition) is 0. The van der Waals surface area contributed by atoms with Crippen LogP contribution in [-0.2, 0) is 10.3 Å². The summed E-state index contributed by atoms with van der Waals surface area (Å²) in [6, 6.07) is 0. The third-order valence-electron chi connectivity index (χ3n) is 2.38. The molecule has 0 aliphatic heterocycles. The molecule has 14 heavy (non-hydrogen) atoms. The van der Waals surface area contributed by atoms with Gasteiger partial charge in [-0.15, -0.1) is 0 Å². The molecule has 1 aromatic heterocycles. The van der Waals surface area contributed by atoms with Crippen LogP contribution in [0.4, 0.5) is 0 Å². The maximum atomic E-state index is 5.70. The molecular weight excluding hydrogens is 178 g/mol. The molecule has 3 nitrogen and oxygen atoms in total. The predicted molar refractivity (Wildman–Crippen MR) is 55.4 cm³/mol. The van der Waals surface area contributed by atoms with Gasteiger partial charge in [-0.2, -0.15) is 0 Å². The molecule has 0 atom stereocenters. The van der Waals surface area contributed by atoms with Gasteiger partial charge < -0.3 is 9.15 Å². The Morgan fingerprint density at radius 2 is 1.93 bits per heavy atom. The van der Waals surface area contributed by atoms with Gasteiger partial charge in [-0.1, -0.05) is 13.8 Å². The highest BCUT2D eigenvalue weighted by molar-refractivity contribution is 5.13. The second-order valence-corrected chi connectivity index (χ2v) is 4.34. The monoisotopic (exact) mass is 197 g/mol. The molecule has 0 N–H and O–H groups in total. The van der Waals surface area contributed by atoms with E-state index in [1.807, 2.05) is 20.8 Å². The summed E-state index contributed by atoms with van der Waals surface area (Å²) in [5, 5.41) is 0. The molecule has 0 spiro atoms. The summed E-state index contributed by atoms with van der Waals surface area (Å²) in [5.41, 5.74) is 0.512. The van der Waals surface area contributed by atoms with Gasteiger partial charge in [0.05, 0.1) is 5.69 Å². The van der Waals surface area contributed by atoms with Crippen molar-refractivity contribution in [1.82, 2.24) is 4.98 Å². The van der Waals surface area contributed by atoms with Crippen LogP contribution >= 0.6 is 0 Å². The summed E-state index contributed by atoms with van der Waals surface area (Å²) in [6.45, 7) is 10.0. The molecule has 3 heteroatoms. The van der Waals surface area contributed by atoms with Crippen molar-refractivity contribution in [2.45, 2.75) is 46.1 Å². The maximum Gasteiger partial charge on any atom is 0.226 e. The van der Waals surface area contributed by atoms with Gasteiger partial charge in [0.1, 0.15) is 11.4 Å².